The van der Waals surface area contributed by atoms with Gasteiger partial charge in [0.15, 0.2) is 0 Å². The number of ether oxygens (including phenoxy) is 2. The van der Waals surface area contributed by atoms with E-state index >= 15 is 0 Å². The fraction of sp³-hybridized carbons (Fsp3) is 0.464. The third-order valence-corrected chi connectivity index (χ3v) is 7.53. The fourth-order valence-corrected chi connectivity index (χ4v) is 5.21. The number of rotatable bonds is 9. The van der Waals surface area contributed by atoms with Crippen LogP contribution in [0.15, 0.2) is 53.6 Å². The van der Waals surface area contributed by atoms with Crippen molar-refractivity contribution < 1.29 is 19.1 Å². The smallest absolute Gasteiger partial charge is 0.262 e. The maximum absolute atomic E-state index is 13.8. The molecule has 2 aromatic carbocycles. The second kappa shape index (κ2) is 11.6. The molecule has 5 rings (SSSR count). The van der Waals surface area contributed by atoms with Crippen LogP contribution in [-0.2, 0) is 14.3 Å². The minimum Gasteiger partial charge on any atom is -0.496 e. The molecule has 2 amide bonds. The quantitative estimate of drug-likeness (QED) is 0.501. The average molecular weight is 525 g/mol. The van der Waals surface area contributed by atoms with Gasteiger partial charge in [0, 0.05) is 54.7 Å². The van der Waals surface area contributed by atoms with Gasteiger partial charge in [0.1, 0.15) is 12.3 Å². The molecule has 0 spiro atoms. The molecule has 196 valence electrons. The van der Waals surface area contributed by atoms with Crippen molar-refractivity contribution >= 4 is 29.1 Å². The Morgan fingerprint density at radius 1 is 1.11 bits per heavy atom. The monoisotopic (exact) mass is 524 g/mol. The van der Waals surface area contributed by atoms with E-state index in [4.69, 9.17) is 26.2 Å². The van der Waals surface area contributed by atoms with Gasteiger partial charge in [-0.1, -0.05) is 48.0 Å². The molecule has 2 aromatic rings. The summed E-state index contributed by atoms with van der Waals surface area (Å²) < 4.78 is 11.1. The number of halogens is 1. The Balaban J connectivity index is 1.39. The van der Waals surface area contributed by atoms with Crippen molar-refractivity contribution in [2.75, 3.05) is 53.0 Å². The van der Waals surface area contributed by atoms with Crippen LogP contribution in [0.1, 0.15) is 36.4 Å². The second-order valence-corrected chi connectivity index (χ2v) is 10.1. The number of morpholine rings is 1. The highest BCUT2D eigenvalue weighted by Crippen LogP contribution is 2.38. The van der Waals surface area contributed by atoms with Gasteiger partial charge in [-0.2, -0.15) is 5.10 Å². The van der Waals surface area contributed by atoms with E-state index in [0.717, 1.165) is 49.3 Å². The molecule has 0 unspecified atom stereocenters. The molecule has 1 atom stereocenters. The normalized spacial score (nSPS) is 20.0. The van der Waals surface area contributed by atoms with E-state index in [2.05, 4.69) is 4.90 Å². The second-order valence-electron chi connectivity index (χ2n) is 9.71. The highest BCUT2D eigenvalue weighted by Gasteiger charge is 2.38. The predicted octanol–water partition coefficient (Wildman–Crippen LogP) is 3.60. The van der Waals surface area contributed by atoms with Crippen LogP contribution >= 0.6 is 11.6 Å². The average Bonchev–Trinajstić information content (AvgIpc) is 3.69. The highest BCUT2D eigenvalue weighted by molar-refractivity contribution is 6.34. The van der Waals surface area contributed by atoms with E-state index in [-0.39, 0.29) is 30.3 Å². The number of carbonyl (C=O) groups is 2. The molecule has 2 fully saturated rings. The Morgan fingerprint density at radius 3 is 2.57 bits per heavy atom. The van der Waals surface area contributed by atoms with Crippen LogP contribution in [0.25, 0.3) is 0 Å². The summed E-state index contributed by atoms with van der Waals surface area (Å²) in [5.41, 5.74) is 2.42. The summed E-state index contributed by atoms with van der Waals surface area (Å²) >= 11 is 6.49. The van der Waals surface area contributed by atoms with Crippen LogP contribution in [0.4, 0.5) is 0 Å². The van der Waals surface area contributed by atoms with Gasteiger partial charge < -0.3 is 14.4 Å². The molecule has 9 heteroatoms. The van der Waals surface area contributed by atoms with E-state index < -0.39 is 0 Å². The molecule has 37 heavy (non-hydrogen) atoms. The molecule has 0 bridgehead atoms. The molecular formula is C28H33ClN4O4. The summed E-state index contributed by atoms with van der Waals surface area (Å²) in [5.74, 6) is 0.571. The van der Waals surface area contributed by atoms with Crippen LogP contribution in [0.2, 0.25) is 5.02 Å². The number of benzene rings is 2. The van der Waals surface area contributed by atoms with E-state index in [9.17, 15) is 9.59 Å². The van der Waals surface area contributed by atoms with Crippen molar-refractivity contribution in [3.63, 3.8) is 0 Å². The summed E-state index contributed by atoms with van der Waals surface area (Å²) in [5, 5.41) is 6.89. The standard InChI is InChI=1S/C28H33ClN4O4/c1-36-26-9-5-3-7-22(26)25-18-24(21-6-2-4-8-23(21)29)30-33(25)27(34)19-32(28(35)20-10-11-20)13-12-31-14-16-37-17-15-31/h2-9,20,25H,10-19H2,1H3/t25-/m0/s1. The van der Waals surface area contributed by atoms with Gasteiger partial charge in [0.2, 0.25) is 5.91 Å². The number of nitrogens with zero attached hydrogens (tertiary/aromatic N) is 4. The number of hydrazone groups is 1. The van der Waals surface area contributed by atoms with Crippen molar-refractivity contribution in [3.05, 3.63) is 64.7 Å². The SMILES string of the molecule is COc1ccccc1[C@@H]1CC(c2ccccc2Cl)=NN1C(=O)CN(CCN1CCOCC1)C(=O)C1CC1. The zero-order valence-electron chi connectivity index (χ0n) is 21.1. The molecule has 1 aliphatic carbocycles. The molecule has 8 nitrogen and oxygen atoms in total. The maximum Gasteiger partial charge on any atom is 0.262 e. The minimum absolute atomic E-state index is 0.00930. The zero-order chi connectivity index (χ0) is 25.8. The molecule has 1 saturated heterocycles. The molecular weight excluding hydrogens is 492 g/mol. The van der Waals surface area contributed by atoms with E-state index in [1.54, 1.807) is 12.0 Å². The summed E-state index contributed by atoms with van der Waals surface area (Å²) in [6.45, 7) is 4.30. The van der Waals surface area contributed by atoms with Gasteiger partial charge in [-0.25, -0.2) is 5.01 Å². The fourth-order valence-electron chi connectivity index (χ4n) is 4.96. The summed E-state index contributed by atoms with van der Waals surface area (Å²) in [6.07, 6.45) is 2.28. The number of hydrogen-bond acceptors (Lipinski definition) is 6. The first-order valence-corrected chi connectivity index (χ1v) is 13.3. The lowest BCUT2D eigenvalue weighted by atomic mass is 9.97. The molecule has 0 N–H and O–H groups in total. The van der Waals surface area contributed by atoms with Crippen molar-refractivity contribution in [2.45, 2.75) is 25.3 Å². The number of hydrogen-bond donors (Lipinski definition) is 0. The Hall–Kier alpha value is -2.94. The van der Waals surface area contributed by atoms with Crippen LogP contribution in [0.5, 0.6) is 5.75 Å². The van der Waals surface area contributed by atoms with E-state index in [1.165, 1.54) is 5.01 Å². The Labute approximate surface area is 222 Å². The van der Waals surface area contributed by atoms with Crippen LogP contribution < -0.4 is 4.74 Å². The van der Waals surface area contributed by atoms with Gasteiger partial charge in [-0.05, 0) is 25.0 Å². The van der Waals surface area contributed by atoms with Crippen molar-refractivity contribution in [2.24, 2.45) is 11.0 Å². The zero-order valence-corrected chi connectivity index (χ0v) is 21.9. The predicted molar refractivity (Wildman–Crippen MR) is 142 cm³/mol. The lowest BCUT2D eigenvalue weighted by Gasteiger charge is -2.31. The minimum atomic E-state index is -0.355. The third-order valence-electron chi connectivity index (χ3n) is 7.20. The molecule has 0 aromatic heterocycles. The molecule has 2 aliphatic heterocycles. The lowest BCUT2D eigenvalue weighted by Crippen LogP contribution is -2.47. The van der Waals surface area contributed by atoms with Gasteiger partial charge >= 0.3 is 0 Å². The Morgan fingerprint density at radius 2 is 1.84 bits per heavy atom. The van der Waals surface area contributed by atoms with Gasteiger partial charge in [-0.3, -0.25) is 14.5 Å². The van der Waals surface area contributed by atoms with Gasteiger partial charge in [-0.15, -0.1) is 0 Å². The number of carbonyl (C=O) groups excluding carboxylic acids is 2. The first kappa shape index (κ1) is 25.7. The topological polar surface area (TPSA) is 74.7 Å². The first-order chi connectivity index (χ1) is 18.0. The van der Waals surface area contributed by atoms with Gasteiger partial charge in [0.05, 0.1) is 32.1 Å². The van der Waals surface area contributed by atoms with E-state index in [0.29, 0.717) is 37.0 Å². The number of para-hydroxylation sites is 1. The lowest BCUT2D eigenvalue weighted by molar-refractivity contribution is -0.142. The molecule has 0 radical (unpaired) electrons. The van der Waals surface area contributed by atoms with Crippen LogP contribution in [-0.4, -0.2) is 85.4 Å². The first-order valence-electron chi connectivity index (χ1n) is 12.9. The molecule has 3 aliphatic rings. The Bertz CT molecular complexity index is 1160. The number of methoxy groups -OCH3 is 1. The molecule has 2 heterocycles. The van der Waals surface area contributed by atoms with Crippen LogP contribution in [0, 0.1) is 5.92 Å². The summed E-state index contributed by atoms with van der Waals surface area (Å²) in [6, 6.07) is 14.8. The highest BCUT2D eigenvalue weighted by atomic mass is 35.5. The summed E-state index contributed by atoms with van der Waals surface area (Å²) in [7, 11) is 1.62. The largest absolute Gasteiger partial charge is 0.496 e. The van der Waals surface area contributed by atoms with Crippen LogP contribution in [0.3, 0.4) is 0 Å². The third kappa shape index (κ3) is 5.98. The van der Waals surface area contributed by atoms with Crippen molar-refractivity contribution in [3.8, 4) is 5.75 Å². The Kier molecular flexibility index (Phi) is 8.08. The van der Waals surface area contributed by atoms with Crippen molar-refractivity contribution in [1.82, 2.24) is 14.8 Å². The number of amides is 2. The van der Waals surface area contributed by atoms with E-state index in [1.807, 2.05) is 48.5 Å². The maximum atomic E-state index is 13.8. The molecule has 1 saturated carbocycles. The summed E-state index contributed by atoms with van der Waals surface area (Å²) in [4.78, 5) is 31.0. The van der Waals surface area contributed by atoms with Crippen molar-refractivity contribution in [1.29, 1.82) is 0 Å². The van der Waals surface area contributed by atoms with Gasteiger partial charge in [0.25, 0.3) is 5.91 Å².